The third kappa shape index (κ3) is 2.16. The van der Waals surface area contributed by atoms with Gasteiger partial charge < -0.3 is 20.4 Å². The molecule has 6 heteroatoms. The molecule has 3 N–H and O–H groups in total. The van der Waals surface area contributed by atoms with E-state index in [2.05, 4.69) is 5.32 Å². The molecule has 0 saturated carbocycles. The van der Waals surface area contributed by atoms with Crippen molar-refractivity contribution in [2.45, 2.75) is 12.1 Å². The Labute approximate surface area is 104 Å². The molecule has 0 aromatic heterocycles. The molecule has 2 atom stereocenters. The van der Waals surface area contributed by atoms with Crippen LogP contribution in [-0.4, -0.2) is 53.3 Å². The summed E-state index contributed by atoms with van der Waals surface area (Å²) >= 11 is 0. The fourth-order valence-electron chi connectivity index (χ4n) is 2.10. The Bertz CT molecular complexity index is 446. The molecule has 1 aromatic rings. The summed E-state index contributed by atoms with van der Waals surface area (Å²) in [6, 6.07) is 3.28. The summed E-state index contributed by atoms with van der Waals surface area (Å²) in [6.07, 6.45) is -0.687. The van der Waals surface area contributed by atoms with Gasteiger partial charge >= 0.3 is 0 Å². The highest BCUT2D eigenvalue weighted by atomic mass is 19.1. The minimum atomic E-state index is -0.771. The molecule has 1 fully saturated rings. The van der Waals surface area contributed by atoms with Crippen LogP contribution in [0.2, 0.25) is 0 Å². The van der Waals surface area contributed by atoms with E-state index in [0.717, 1.165) is 6.07 Å². The lowest BCUT2D eigenvalue weighted by atomic mass is 10.1. The number of β-amino-alcohol motifs (C(OH)–C–C–N with tert-alkyl or cyclic N) is 1. The van der Waals surface area contributed by atoms with Crippen molar-refractivity contribution in [3.63, 3.8) is 0 Å². The van der Waals surface area contributed by atoms with E-state index < -0.39 is 29.6 Å². The van der Waals surface area contributed by atoms with Crippen LogP contribution in [-0.2, 0) is 0 Å². The molecule has 0 aliphatic carbocycles. The van der Waals surface area contributed by atoms with Crippen molar-refractivity contribution in [3.05, 3.63) is 29.6 Å². The SMILES string of the molecule is CN(C(=O)c1c(O)cccc1F)[C@@H]1CNC[C@H]1O. The van der Waals surface area contributed by atoms with Gasteiger partial charge in [-0.15, -0.1) is 0 Å². The monoisotopic (exact) mass is 254 g/mol. The summed E-state index contributed by atoms with van der Waals surface area (Å²) in [7, 11) is 1.48. The lowest BCUT2D eigenvalue weighted by Crippen LogP contribution is -2.44. The third-order valence-electron chi connectivity index (χ3n) is 3.17. The molecule has 98 valence electrons. The van der Waals surface area contributed by atoms with Gasteiger partial charge in [-0.3, -0.25) is 4.79 Å². The van der Waals surface area contributed by atoms with Gasteiger partial charge in [-0.05, 0) is 12.1 Å². The maximum Gasteiger partial charge on any atom is 0.260 e. The van der Waals surface area contributed by atoms with Gasteiger partial charge in [0.1, 0.15) is 17.1 Å². The Morgan fingerprint density at radius 3 is 2.78 bits per heavy atom. The second-order valence-corrected chi connectivity index (χ2v) is 4.34. The number of rotatable bonds is 2. The topological polar surface area (TPSA) is 72.8 Å². The predicted octanol–water partition coefficient (Wildman–Crippen LogP) is -0.0640. The molecule has 1 aliphatic rings. The number of aliphatic hydroxyl groups excluding tert-OH is 1. The first-order valence-electron chi connectivity index (χ1n) is 5.65. The summed E-state index contributed by atoms with van der Waals surface area (Å²) in [5.74, 6) is -1.81. The van der Waals surface area contributed by atoms with Crippen LogP contribution in [0.5, 0.6) is 5.75 Å². The molecule has 1 saturated heterocycles. The Hall–Kier alpha value is -1.66. The molecule has 0 spiro atoms. The molecule has 0 unspecified atom stereocenters. The van der Waals surface area contributed by atoms with E-state index >= 15 is 0 Å². The number of carbonyl (C=O) groups is 1. The maximum absolute atomic E-state index is 13.6. The Morgan fingerprint density at radius 1 is 1.50 bits per heavy atom. The number of aliphatic hydroxyl groups is 1. The van der Waals surface area contributed by atoms with Gasteiger partial charge in [0.25, 0.3) is 5.91 Å². The smallest absolute Gasteiger partial charge is 0.260 e. The van der Waals surface area contributed by atoms with Crippen molar-refractivity contribution in [2.75, 3.05) is 20.1 Å². The molecule has 18 heavy (non-hydrogen) atoms. The van der Waals surface area contributed by atoms with E-state index in [-0.39, 0.29) is 5.56 Å². The minimum Gasteiger partial charge on any atom is -0.507 e. The van der Waals surface area contributed by atoms with Gasteiger partial charge in [0.15, 0.2) is 0 Å². The van der Waals surface area contributed by atoms with E-state index in [9.17, 15) is 19.4 Å². The first-order chi connectivity index (χ1) is 8.52. The van der Waals surface area contributed by atoms with Crippen LogP contribution in [0.4, 0.5) is 4.39 Å². The van der Waals surface area contributed by atoms with Crippen molar-refractivity contribution in [3.8, 4) is 5.75 Å². The number of nitrogens with zero attached hydrogens (tertiary/aromatic N) is 1. The van der Waals surface area contributed by atoms with E-state index in [1.165, 1.54) is 24.1 Å². The summed E-state index contributed by atoms with van der Waals surface area (Å²) in [6.45, 7) is 0.837. The number of phenolic OH excluding ortho intramolecular Hbond substituents is 1. The largest absolute Gasteiger partial charge is 0.507 e. The highest BCUT2D eigenvalue weighted by molar-refractivity contribution is 5.97. The first-order valence-corrected chi connectivity index (χ1v) is 5.65. The quantitative estimate of drug-likeness (QED) is 0.691. The zero-order chi connectivity index (χ0) is 13.3. The van der Waals surface area contributed by atoms with Crippen LogP contribution in [0.3, 0.4) is 0 Å². The number of likely N-dealkylation sites (N-methyl/N-ethyl adjacent to an activating group) is 1. The number of hydrogen-bond acceptors (Lipinski definition) is 4. The van der Waals surface area contributed by atoms with Gasteiger partial charge in [-0.1, -0.05) is 6.07 Å². The number of halogens is 1. The Balaban J connectivity index is 2.26. The minimum absolute atomic E-state index is 0.362. The second-order valence-electron chi connectivity index (χ2n) is 4.34. The van der Waals surface area contributed by atoms with Crippen LogP contribution in [0.1, 0.15) is 10.4 Å². The van der Waals surface area contributed by atoms with E-state index in [1.807, 2.05) is 0 Å². The van der Waals surface area contributed by atoms with Gasteiger partial charge in [0, 0.05) is 20.1 Å². The number of carbonyl (C=O) groups excluding carboxylic acids is 1. The molecule has 0 bridgehead atoms. The number of amides is 1. The average molecular weight is 254 g/mol. The number of hydrogen-bond donors (Lipinski definition) is 3. The van der Waals surface area contributed by atoms with Crippen molar-refractivity contribution in [2.24, 2.45) is 0 Å². The fraction of sp³-hybridized carbons (Fsp3) is 0.417. The molecular weight excluding hydrogens is 239 g/mol. The Morgan fingerprint density at radius 2 is 2.22 bits per heavy atom. The van der Waals surface area contributed by atoms with Crippen LogP contribution in [0.15, 0.2) is 18.2 Å². The number of nitrogens with one attached hydrogen (secondary N) is 1. The van der Waals surface area contributed by atoms with Gasteiger partial charge in [0.2, 0.25) is 0 Å². The van der Waals surface area contributed by atoms with Crippen molar-refractivity contribution >= 4 is 5.91 Å². The first kappa shape index (κ1) is 12.8. The van der Waals surface area contributed by atoms with Crippen molar-refractivity contribution < 1.29 is 19.4 Å². The number of phenols is 1. The van der Waals surface area contributed by atoms with Crippen LogP contribution in [0.25, 0.3) is 0 Å². The molecule has 1 heterocycles. The summed E-state index contributed by atoms with van der Waals surface area (Å²) in [5.41, 5.74) is -0.362. The fourth-order valence-corrected chi connectivity index (χ4v) is 2.10. The molecule has 0 radical (unpaired) electrons. The summed E-state index contributed by atoms with van der Waals surface area (Å²) in [4.78, 5) is 13.4. The lowest BCUT2D eigenvalue weighted by Gasteiger charge is -2.26. The highest BCUT2D eigenvalue weighted by Crippen LogP contribution is 2.22. The van der Waals surface area contributed by atoms with Crippen LogP contribution in [0, 0.1) is 5.82 Å². The van der Waals surface area contributed by atoms with Gasteiger partial charge in [-0.25, -0.2) is 4.39 Å². The van der Waals surface area contributed by atoms with Gasteiger partial charge in [0.05, 0.1) is 12.1 Å². The standard InChI is InChI=1S/C12H15FN2O3/c1-15(8-5-14-6-10(8)17)12(18)11-7(13)3-2-4-9(11)16/h2-4,8,10,14,16-17H,5-6H2,1H3/t8-,10-/m1/s1. The zero-order valence-corrected chi connectivity index (χ0v) is 9.93. The highest BCUT2D eigenvalue weighted by Gasteiger charge is 2.33. The van der Waals surface area contributed by atoms with Gasteiger partial charge in [-0.2, -0.15) is 0 Å². The molecule has 1 aromatic carbocycles. The normalized spacial score (nSPS) is 23.1. The maximum atomic E-state index is 13.6. The summed E-state index contributed by atoms with van der Waals surface area (Å²) in [5, 5.41) is 22.2. The second kappa shape index (κ2) is 4.91. The van der Waals surface area contributed by atoms with E-state index in [1.54, 1.807) is 0 Å². The number of aromatic hydroxyl groups is 1. The predicted molar refractivity (Wildman–Crippen MR) is 62.8 cm³/mol. The molecule has 5 nitrogen and oxygen atoms in total. The lowest BCUT2D eigenvalue weighted by molar-refractivity contribution is 0.0574. The molecular formula is C12H15FN2O3. The molecule has 2 rings (SSSR count). The van der Waals surface area contributed by atoms with Crippen molar-refractivity contribution in [1.82, 2.24) is 10.2 Å². The van der Waals surface area contributed by atoms with Crippen molar-refractivity contribution in [1.29, 1.82) is 0 Å². The molecule has 1 aliphatic heterocycles. The average Bonchev–Trinajstić information content (AvgIpc) is 2.74. The Kier molecular flexibility index (Phi) is 3.49. The zero-order valence-electron chi connectivity index (χ0n) is 9.93. The van der Waals surface area contributed by atoms with Crippen LogP contribution < -0.4 is 5.32 Å². The third-order valence-corrected chi connectivity index (χ3v) is 3.17. The molecule has 1 amide bonds. The summed E-state index contributed by atoms with van der Waals surface area (Å²) < 4.78 is 13.6. The van der Waals surface area contributed by atoms with E-state index in [0.29, 0.717) is 13.1 Å². The van der Waals surface area contributed by atoms with E-state index in [4.69, 9.17) is 0 Å². The number of benzene rings is 1. The van der Waals surface area contributed by atoms with Crippen LogP contribution >= 0.6 is 0 Å².